The van der Waals surface area contributed by atoms with Crippen molar-refractivity contribution in [1.82, 2.24) is 0 Å². The summed E-state index contributed by atoms with van der Waals surface area (Å²) in [5.41, 5.74) is 1.23. The molecule has 1 nitrogen and oxygen atoms in total. The van der Waals surface area contributed by atoms with Crippen LogP contribution in [0, 0.1) is 0 Å². The van der Waals surface area contributed by atoms with Gasteiger partial charge in [-0.05, 0) is 24.5 Å². The molecule has 1 heteroatoms. The lowest BCUT2D eigenvalue weighted by atomic mass is 10.1. The molecule has 0 saturated carbocycles. The van der Waals surface area contributed by atoms with Gasteiger partial charge in [-0.3, -0.25) is 4.79 Å². The van der Waals surface area contributed by atoms with Crippen LogP contribution in [0.4, 0.5) is 0 Å². The minimum atomic E-state index is 0.229. The van der Waals surface area contributed by atoms with Crippen molar-refractivity contribution in [1.29, 1.82) is 0 Å². The van der Waals surface area contributed by atoms with E-state index in [2.05, 4.69) is 19.1 Å². The first-order valence-corrected chi connectivity index (χ1v) is 5.56. The Hall–Kier alpha value is -1.37. The van der Waals surface area contributed by atoms with Gasteiger partial charge in [0.2, 0.25) is 0 Å². The Morgan fingerprint density at radius 1 is 1.27 bits per heavy atom. The first-order valence-electron chi connectivity index (χ1n) is 5.56. The molecule has 0 atom stereocenters. The first kappa shape index (κ1) is 11.7. The van der Waals surface area contributed by atoms with Gasteiger partial charge in [-0.2, -0.15) is 0 Å². The number of hydrogen-bond donors (Lipinski definition) is 0. The minimum absolute atomic E-state index is 0.229. The number of unbranched alkanes of at least 4 members (excludes halogenated alkanes) is 1. The summed E-state index contributed by atoms with van der Waals surface area (Å²) in [7, 11) is 0. The summed E-state index contributed by atoms with van der Waals surface area (Å²) in [5.74, 6) is 0.229. The number of benzene rings is 1. The molecule has 0 amide bonds. The highest BCUT2D eigenvalue weighted by atomic mass is 16.1. The lowest BCUT2D eigenvalue weighted by molar-refractivity contribution is -0.114. The summed E-state index contributed by atoms with van der Waals surface area (Å²) in [4.78, 5) is 11.4. The number of allylic oxidation sites excluding steroid dienone is 2. The van der Waals surface area contributed by atoms with Crippen LogP contribution in [-0.2, 0) is 11.2 Å². The first-order chi connectivity index (χ1) is 7.33. The molecular formula is C14H18O. The normalized spacial score (nSPS) is 10.7. The molecule has 0 aliphatic carbocycles. The molecule has 0 saturated heterocycles. The van der Waals surface area contributed by atoms with Crippen LogP contribution in [-0.4, -0.2) is 5.78 Å². The Labute approximate surface area is 91.8 Å². The van der Waals surface area contributed by atoms with Crippen molar-refractivity contribution in [2.45, 2.75) is 32.6 Å². The molecule has 15 heavy (non-hydrogen) atoms. The van der Waals surface area contributed by atoms with Gasteiger partial charge in [-0.1, -0.05) is 49.8 Å². The third-order valence-electron chi connectivity index (χ3n) is 2.26. The lowest BCUT2D eigenvalue weighted by Gasteiger charge is -1.97. The smallest absolute Gasteiger partial charge is 0.155 e. The minimum Gasteiger partial charge on any atom is -0.295 e. The molecule has 0 fully saturated rings. The SMILES string of the molecule is CCC/C=C/C(=O)CCc1ccccc1. The quantitative estimate of drug-likeness (QED) is 0.645. The maximum Gasteiger partial charge on any atom is 0.155 e. The molecule has 80 valence electrons. The van der Waals surface area contributed by atoms with E-state index in [-0.39, 0.29) is 5.78 Å². The van der Waals surface area contributed by atoms with Crippen molar-refractivity contribution in [2.24, 2.45) is 0 Å². The number of ketones is 1. The van der Waals surface area contributed by atoms with E-state index in [1.165, 1.54) is 5.56 Å². The van der Waals surface area contributed by atoms with Gasteiger partial charge in [0.25, 0.3) is 0 Å². The van der Waals surface area contributed by atoms with Gasteiger partial charge in [0.05, 0.1) is 0 Å². The summed E-state index contributed by atoms with van der Waals surface area (Å²) in [5, 5.41) is 0. The molecule has 0 bridgehead atoms. The lowest BCUT2D eigenvalue weighted by Crippen LogP contribution is -1.95. The molecule has 0 heterocycles. The van der Waals surface area contributed by atoms with E-state index < -0.39 is 0 Å². The second-order valence-corrected chi connectivity index (χ2v) is 3.64. The summed E-state index contributed by atoms with van der Waals surface area (Å²) < 4.78 is 0. The maximum atomic E-state index is 11.4. The van der Waals surface area contributed by atoms with Crippen molar-refractivity contribution in [3.63, 3.8) is 0 Å². The van der Waals surface area contributed by atoms with Gasteiger partial charge in [0.1, 0.15) is 0 Å². The van der Waals surface area contributed by atoms with Crippen molar-refractivity contribution in [2.75, 3.05) is 0 Å². The Kier molecular flexibility index (Phi) is 5.46. The van der Waals surface area contributed by atoms with Gasteiger partial charge < -0.3 is 0 Å². The number of carbonyl (C=O) groups excluding carboxylic acids is 1. The van der Waals surface area contributed by atoms with Crippen molar-refractivity contribution < 1.29 is 4.79 Å². The Balaban J connectivity index is 2.28. The van der Waals surface area contributed by atoms with Crippen LogP contribution in [0.2, 0.25) is 0 Å². The van der Waals surface area contributed by atoms with Gasteiger partial charge in [-0.25, -0.2) is 0 Å². The van der Waals surface area contributed by atoms with Crippen LogP contribution in [0.1, 0.15) is 31.7 Å². The number of carbonyl (C=O) groups is 1. The van der Waals surface area contributed by atoms with Gasteiger partial charge in [0.15, 0.2) is 5.78 Å². The van der Waals surface area contributed by atoms with E-state index in [4.69, 9.17) is 0 Å². The molecule has 1 aromatic carbocycles. The van der Waals surface area contributed by atoms with E-state index in [9.17, 15) is 4.79 Å². The van der Waals surface area contributed by atoms with Crippen LogP contribution in [0.15, 0.2) is 42.5 Å². The Morgan fingerprint density at radius 2 is 2.00 bits per heavy atom. The third kappa shape index (κ3) is 5.16. The van der Waals surface area contributed by atoms with Crippen LogP contribution >= 0.6 is 0 Å². The molecule has 0 spiro atoms. The number of hydrogen-bond acceptors (Lipinski definition) is 1. The summed E-state index contributed by atoms with van der Waals surface area (Å²) in [6, 6.07) is 10.1. The second kappa shape index (κ2) is 6.99. The molecule has 0 aliphatic heterocycles. The van der Waals surface area contributed by atoms with Crippen molar-refractivity contribution in [3.8, 4) is 0 Å². The topological polar surface area (TPSA) is 17.1 Å². The highest BCUT2D eigenvalue weighted by Crippen LogP contribution is 2.03. The van der Waals surface area contributed by atoms with Crippen LogP contribution in [0.3, 0.4) is 0 Å². The van der Waals surface area contributed by atoms with Crippen molar-refractivity contribution >= 4 is 5.78 Å². The molecule has 0 unspecified atom stereocenters. The molecule has 1 aromatic rings. The fourth-order valence-electron chi connectivity index (χ4n) is 1.38. The Bertz CT molecular complexity index is 311. The van der Waals surface area contributed by atoms with E-state index in [1.807, 2.05) is 24.3 Å². The number of aryl methyl sites for hydroxylation is 1. The zero-order valence-corrected chi connectivity index (χ0v) is 9.28. The highest BCUT2D eigenvalue weighted by Gasteiger charge is 1.97. The Morgan fingerprint density at radius 3 is 2.67 bits per heavy atom. The van der Waals surface area contributed by atoms with Crippen LogP contribution < -0.4 is 0 Å². The fraction of sp³-hybridized carbons (Fsp3) is 0.357. The largest absolute Gasteiger partial charge is 0.295 e. The van der Waals surface area contributed by atoms with Crippen LogP contribution in [0.5, 0.6) is 0 Å². The predicted molar refractivity (Wildman–Crippen MR) is 63.8 cm³/mol. The zero-order valence-electron chi connectivity index (χ0n) is 9.28. The molecule has 0 aromatic heterocycles. The zero-order chi connectivity index (χ0) is 10.9. The number of rotatable bonds is 6. The molecule has 0 aliphatic rings. The van der Waals surface area contributed by atoms with Crippen LogP contribution in [0.25, 0.3) is 0 Å². The molecule has 0 radical (unpaired) electrons. The van der Waals surface area contributed by atoms with Gasteiger partial charge >= 0.3 is 0 Å². The summed E-state index contributed by atoms with van der Waals surface area (Å²) in [6.45, 7) is 2.11. The van der Waals surface area contributed by atoms with Gasteiger partial charge in [0, 0.05) is 6.42 Å². The predicted octanol–water partition coefficient (Wildman–Crippen LogP) is 3.54. The summed E-state index contributed by atoms with van der Waals surface area (Å²) in [6.07, 6.45) is 7.24. The van der Waals surface area contributed by atoms with E-state index >= 15 is 0 Å². The second-order valence-electron chi connectivity index (χ2n) is 3.64. The molecule has 0 N–H and O–H groups in total. The standard InChI is InChI=1S/C14H18O/c1-2-3-5-10-14(15)12-11-13-8-6-4-7-9-13/h4-10H,2-3,11-12H2,1H3/b10-5+. The third-order valence-corrected chi connectivity index (χ3v) is 2.26. The van der Waals surface area contributed by atoms with E-state index in [0.29, 0.717) is 6.42 Å². The van der Waals surface area contributed by atoms with E-state index in [0.717, 1.165) is 19.3 Å². The highest BCUT2D eigenvalue weighted by molar-refractivity contribution is 5.89. The maximum absolute atomic E-state index is 11.4. The average Bonchev–Trinajstić information content (AvgIpc) is 2.28. The van der Waals surface area contributed by atoms with Crippen molar-refractivity contribution in [3.05, 3.63) is 48.0 Å². The fourth-order valence-corrected chi connectivity index (χ4v) is 1.38. The van der Waals surface area contributed by atoms with Gasteiger partial charge in [-0.15, -0.1) is 0 Å². The molecule has 1 rings (SSSR count). The monoisotopic (exact) mass is 202 g/mol. The van der Waals surface area contributed by atoms with E-state index in [1.54, 1.807) is 6.08 Å². The molecular weight excluding hydrogens is 184 g/mol. The average molecular weight is 202 g/mol. The summed E-state index contributed by atoms with van der Waals surface area (Å²) >= 11 is 0.